The third-order valence-corrected chi connectivity index (χ3v) is 4.74. The molecular formula is C21H21N3O5. The third-order valence-electron chi connectivity index (χ3n) is 4.74. The van der Waals surface area contributed by atoms with E-state index >= 15 is 0 Å². The van der Waals surface area contributed by atoms with E-state index in [1.807, 2.05) is 0 Å². The number of nitrogens with one attached hydrogen (secondary N) is 2. The number of rotatable bonds is 6. The molecule has 8 nitrogen and oxygen atoms in total. The third kappa shape index (κ3) is 4.78. The summed E-state index contributed by atoms with van der Waals surface area (Å²) < 4.78 is 5.44. The summed E-state index contributed by atoms with van der Waals surface area (Å²) in [5.74, 6) is -0.790. The normalized spacial score (nSPS) is 23.2. The molecule has 0 unspecified atom stereocenters. The predicted molar refractivity (Wildman–Crippen MR) is 105 cm³/mol. The highest BCUT2D eigenvalue weighted by Gasteiger charge is 2.48. The molecule has 2 amide bonds. The predicted octanol–water partition coefficient (Wildman–Crippen LogP) is 0.888. The van der Waals surface area contributed by atoms with Gasteiger partial charge in [-0.25, -0.2) is 4.85 Å². The number of carbonyl (C=O) groups excluding carboxylic acids is 2. The van der Waals surface area contributed by atoms with Crippen molar-refractivity contribution in [2.24, 2.45) is 0 Å². The Hall–Kier alpha value is -3.25. The first-order valence-electron chi connectivity index (χ1n) is 9.04. The molecule has 3 atom stereocenters. The smallest absolute Gasteiger partial charge is 0.251 e. The SMILES string of the molecule is [C-]#[N+]c1cccc(C(=O)NC[C@H]2OC[C@@](O)(CNC(=O)c3ccccc3)[C@@H]2O)c1. The van der Waals surface area contributed by atoms with Gasteiger partial charge in [0.25, 0.3) is 5.91 Å². The summed E-state index contributed by atoms with van der Waals surface area (Å²) in [5.41, 5.74) is -0.561. The van der Waals surface area contributed by atoms with Gasteiger partial charge < -0.3 is 25.6 Å². The fourth-order valence-electron chi connectivity index (χ4n) is 3.04. The fourth-order valence-corrected chi connectivity index (χ4v) is 3.04. The van der Waals surface area contributed by atoms with Crippen molar-refractivity contribution in [3.8, 4) is 0 Å². The maximum absolute atomic E-state index is 12.2. The first-order valence-corrected chi connectivity index (χ1v) is 9.04. The van der Waals surface area contributed by atoms with Gasteiger partial charge in [0.05, 0.1) is 19.7 Å². The fraction of sp³-hybridized carbons (Fsp3) is 0.286. The molecule has 1 saturated heterocycles. The molecule has 0 saturated carbocycles. The lowest BCUT2D eigenvalue weighted by Crippen LogP contribution is -2.53. The van der Waals surface area contributed by atoms with Gasteiger partial charge in [-0.2, -0.15) is 0 Å². The van der Waals surface area contributed by atoms with Gasteiger partial charge in [0.1, 0.15) is 17.8 Å². The van der Waals surface area contributed by atoms with Crippen LogP contribution in [0.4, 0.5) is 5.69 Å². The van der Waals surface area contributed by atoms with E-state index in [1.165, 1.54) is 6.07 Å². The number of ether oxygens (including phenoxy) is 1. The van der Waals surface area contributed by atoms with Crippen LogP contribution in [0.2, 0.25) is 0 Å². The van der Waals surface area contributed by atoms with Crippen LogP contribution in [0.25, 0.3) is 4.85 Å². The van der Waals surface area contributed by atoms with Gasteiger partial charge in [-0.15, -0.1) is 0 Å². The molecule has 1 fully saturated rings. The minimum absolute atomic E-state index is 0.0306. The summed E-state index contributed by atoms with van der Waals surface area (Å²) in [6.07, 6.45) is -2.13. The van der Waals surface area contributed by atoms with Gasteiger partial charge in [-0.1, -0.05) is 36.4 Å². The van der Waals surface area contributed by atoms with Crippen molar-refractivity contribution in [1.82, 2.24) is 10.6 Å². The molecule has 3 rings (SSSR count). The number of hydrogen-bond acceptors (Lipinski definition) is 5. The van der Waals surface area contributed by atoms with Gasteiger partial charge in [-0.3, -0.25) is 9.59 Å². The molecule has 0 aromatic heterocycles. The Bertz CT molecular complexity index is 927. The molecule has 8 heteroatoms. The molecule has 1 heterocycles. The minimum Gasteiger partial charge on any atom is -0.387 e. The van der Waals surface area contributed by atoms with E-state index in [2.05, 4.69) is 15.5 Å². The first kappa shape index (κ1) is 20.5. The summed E-state index contributed by atoms with van der Waals surface area (Å²) in [7, 11) is 0. The lowest BCUT2D eigenvalue weighted by atomic mass is 9.96. The average Bonchev–Trinajstić information content (AvgIpc) is 3.05. The Kier molecular flexibility index (Phi) is 6.24. The van der Waals surface area contributed by atoms with Gasteiger partial charge >= 0.3 is 0 Å². The van der Waals surface area contributed by atoms with Gasteiger partial charge in [0, 0.05) is 17.7 Å². The molecule has 0 bridgehead atoms. The van der Waals surface area contributed by atoms with Crippen molar-refractivity contribution in [3.63, 3.8) is 0 Å². The highest BCUT2D eigenvalue weighted by molar-refractivity contribution is 5.95. The molecular weight excluding hydrogens is 374 g/mol. The molecule has 29 heavy (non-hydrogen) atoms. The van der Waals surface area contributed by atoms with Crippen molar-refractivity contribution < 1.29 is 24.5 Å². The summed E-state index contributed by atoms with van der Waals surface area (Å²) in [4.78, 5) is 27.6. The molecule has 0 aliphatic carbocycles. The lowest BCUT2D eigenvalue weighted by molar-refractivity contribution is -0.0464. The Morgan fingerprint density at radius 1 is 1.10 bits per heavy atom. The standard InChI is InChI=1S/C21H21N3O5/c1-22-16-9-5-8-15(10-16)20(27)23-11-17-18(25)21(28,13-29-17)12-24-19(26)14-6-3-2-4-7-14/h2-10,17-18,25,28H,11-13H2,(H,23,27)(H,24,26)/t17-,18-,21+/m1/s1. The second-order valence-electron chi connectivity index (χ2n) is 6.82. The number of hydrogen-bond donors (Lipinski definition) is 4. The number of benzene rings is 2. The molecule has 4 N–H and O–H groups in total. The zero-order chi connectivity index (χ0) is 20.9. The van der Waals surface area contributed by atoms with E-state index in [9.17, 15) is 19.8 Å². The summed E-state index contributed by atoms with van der Waals surface area (Å²) in [6, 6.07) is 14.8. The Morgan fingerprint density at radius 2 is 1.79 bits per heavy atom. The molecule has 2 aromatic carbocycles. The summed E-state index contributed by atoms with van der Waals surface area (Å²) >= 11 is 0. The monoisotopic (exact) mass is 395 g/mol. The van der Waals surface area contributed by atoms with Crippen LogP contribution in [0, 0.1) is 6.57 Å². The van der Waals surface area contributed by atoms with Gasteiger partial charge in [0.15, 0.2) is 5.69 Å². The second kappa shape index (κ2) is 8.84. The minimum atomic E-state index is -1.66. The van der Waals surface area contributed by atoms with Crippen LogP contribution in [0.3, 0.4) is 0 Å². The van der Waals surface area contributed by atoms with Crippen LogP contribution in [0.5, 0.6) is 0 Å². The number of carbonyl (C=O) groups is 2. The van der Waals surface area contributed by atoms with Gasteiger partial charge in [0.2, 0.25) is 5.91 Å². The van der Waals surface area contributed by atoms with Crippen LogP contribution in [-0.4, -0.2) is 59.5 Å². The number of nitrogens with zero attached hydrogens (tertiary/aromatic N) is 1. The molecule has 2 aromatic rings. The van der Waals surface area contributed by atoms with Crippen LogP contribution < -0.4 is 10.6 Å². The van der Waals surface area contributed by atoms with Gasteiger partial charge in [-0.05, 0) is 18.2 Å². The molecule has 0 spiro atoms. The largest absolute Gasteiger partial charge is 0.387 e. The Morgan fingerprint density at radius 3 is 2.52 bits per heavy atom. The quantitative estimate of drug-likeness (QED) is 0.543. The molecule has 0 radical (unpaired) electrons. The average molecular weight is 395 g/mol. The van der Waals surface area contributed by atoms with Crippen molar-refractivity contribution in [2.75, 3.05) is 19.7 Å². The van der Waals surface area contributed by atoms with E-state index in [0.29, 0.717) is 16.8 Å². The van der Waals surface area contributed by atoms with Crippen molar-refractivity contribution in [3.05, 3.63) is 77.1 Å². The van der Waals surface area contributed by atoms with E-state index in [1.54, 1.807) is 48.5 Å². The Labute approximate surface area is 167 Å². The topological polar surface area (TPSA) is 112 Å². The highest BCUT2D eigenvalue weighted by atomic mass is 16.5. The van der Waals surface area contributed by atoms with E-state index in [-0.39, 0.29) is 25.6 Å². The number of aliphatic hydroxyl groups excluding tert-OH is 1. The van der Waals surface area contributed by atoms with Crippen LogP contribution in [-0.2, 0) is 4.74 Å². The van der Waals surface area contributed by atoms with E-state index < -0.39 is 23.7 Å². The van der Waals surface area contributed by atoms with E-state index in [0.717, 1.165) is 0 Å². The van der Waals surface area contributed by atoms with Crippen LogP contribution in [0.15, 0.2) is 54.6 Å². The number of amides is 2. The zero-order valence-corrected chi connectivity index (χ0v) is 15.5. The van der Waals surface area contributed by atoms with Crippen LogP contribution in [0.1, 0.15) is 20.7 Å². The number of aliphatic hydroxyl groups is 2. The van der Waals surface area contributed by atoms with Crippen molar-refractivity contribution in [2.45, 2.75) is 17.8 Å². The van der Waals surface area contributed by atoms with Crippen molar-refractivity contribution in [1.29, 1.82) is 0 Å². The lowest BCUT2D eigenvalue weighted by Gasteiger charge is -2.26. The maximum Gasteiger partial charge on any atom is 0.251 e. The highest BCUT2D eigenvalue weighted by Crippen LogP contribution is 2.24. The summed E-state index contributed by atoms with van der Waals surface area (Å²) in [6.45, 7) is 6.59. The molecule has 150 valence electrons. The molecule has 1 aliphatic rings. The van der Waals surface area contributed by atoms with Crippen molar-refractivity contribution >= 4 is 17.5 Å². The van der Waals surface area contributed by atoms with E-state index in [4.69, 9.17) is 11.3 Å². The zero-order valence-electron chi connectivity index (χ0n) is 15.5. The van der Waals surface area contributed by atoms with Crippen LogP contribution >= 0.6 is 0 Å². The summed E-state index contributed by atoms with van der Waals surface area (Å²) in [5, 5.41) is 26.3. The molecule has 1 aliphatic heterocycles. The Balaban J connectivity index is 1.53. The maximum atomic E-state index is 12.2. The second-order valence-corrected chi connectivity index (χ2v) is 6.82. The first-order chi connectivity index (χ1) is 13.9.